The minimum Gasteiger partial charge on any atom is -0.427 e. The number of hydrogen-bond donors (Lipinski definition) is 0. The van der Waals surface area contributed by atoms with Gasteiger partial charge in [-0.2, -0.15) is 4.99 Å². The molecule has 10 heteroatoms. The van der Waals surface area contributed by atoms with Gasteiger partial charge >= 0.3 is 11.9 Å². The van der Waals surface area contributed by atoms with E-state index in [-0.39, 0.29) is 28.5 Å². The number of Topliss-reactive ketones (excluding diaryl/α,β-unsaturated/α-hetero) is 1. The Morgan fingerprint density at radius 3 is 2.34 bits per heavy atom. The summed E-state index contributed by atoms with van der Waals surface area (Å²) in [5.41, 5.74) is 0.509. The van der Waals surface area contributed by atoms with Crippen LogP contribution in [0.2, 0.25) is 0 Å². The fourth-order valence-corrected chi connectivity index (χ4v) is 3.50. The molecule has 0 atom stereocenters. The summed E-state index contributed by atoms with van der Waals surface area (Å²) in [5, 5.41) is 0. The van der Waals surface area contributed by atoms with Gasteiger partial charge in [0.1, 0.15) is 22.8 Å². The summed E-state index contributed by atoms with van der Waals surface area (Å²) in [6, 6.07) is 12.6. The third kappa shape index (κ3) is 4.62. The van der Waals surface area contributed by atoms with Crippen LogP contribution >= 0.6 is 0 Å². The number of aliphatic imine (C=N–C) groups is 1. The number of guanidine groups is 1. The Labute approximate surface area is 199 Å². The predicted molar refractivity (Wildman–Crippen MR) is 123 cm³/mol. The highest BCUT2D eigenvalue weighted by Crippen LogP contribution is 2.30. The molecule has 4 rings (SSSR count). The van der Waals surface area contributed by atoms with Gasteiger partial charge < -0.3 is 14.4 Å². The molecule has 2 heterocycles. The van der Waals surface area contributed by atoms with Crippen molar-refractivity contribution in [1.82, 2.24) is 9.80 Å². The predicted octanol–water partition coefficient (Wildman–Crippen LogP) is 2.32. The van der Waals surface area contributed by atoms with E-state index < -0.39 is 29.5 Å². The second-order valence-electron chi connectivity index (χ2n) is 7.61. The van der Waals surface area contributed by atoms with Gasteiger partial charge in [-0.1, -0.05) is 24.3 Å². The first-order valence-corrected chi connectivity index (χ1v) is 10.4. The molecule has 35 heavy (non-hydrogen) atoms. The van der Waals surface area contributed by atoms with Crippen LogP contribution in [0.3, 0.4) is 0 Å². The van der Waals surface area contributed by atoms with Gasteiger partial charge in [-0.15, -0.1) is 0 Å². The molecule has 0 saturated carbocycles. The Hall–Kier alpha value is -4.86. The average molecular weight is 473 g/mol. The molecule has 176 valence electrons. The van der Waals surface area contributed by atoms with Crippen molar-refractivity contribution in [2.45, 2.75) is 13.8 Å². The topological polar surface area (TPSA) is 123 Å². The Morgan fingerprint density at radius 2 is 1.69 bits per heavy atom. The Morgan fingerprint density at radius 1 is 1.00 bits per heavy atom. The molecule has 0 aliphatic carbocycles. The number of rotatable bonds is 3. The summed E-state index contributed by atoms with van der Waals surface area (Å²) < 4.78 is 10.2. The third-order valence-corrected chi connectivity index (χ3v) is 5.07. The van der Waals surface area contributed by atoms with Crippen molar-refractivity contribution in [2.24, 2.45) is 4.99 Å². The second kappa shape index (κ2) is 9.18. The number of nitrogens with zero attached hydrogens (tertiary/aromatic N) is 3. The van der Waals surface area contributed by atoms with E-state index in [4.69, 9.17) is 9.47 Å². The molecular formula is C25H19N3O7. The smallest absolute Gasteiger partial charge is 0.349 e. The molecule has 0 aromatic heterocycles. The fourth-order valence-electron chi connectivity index (χ4n) is 3.50. The molecule has 0 bridgehead atoms. The molecule has 2 aliphatic heterocycles. The summed E-state index contributed by atoms with van der Waals surface area (Å²) in [5.74, 6) is -2.84. The first-order chi connectivity index (χ1) is 16.7. The monoisotopic (exact) mass is 473 g/mol. The highest BCUT2D eigenvalue weighted by atomic mass is 16.5. The Balaban J connectivity index is 1.73. The van der Waals surface area contributed by atoms with E-state index in [0.29, 0.717) is 11.3 Å². The molecular weight excluding hydrogens is 454 g/mol. The molecule has 1 fully saturated rings. The van der Waals surface area contributed by atoms with Crippen molar-refractivity contribution in [3.8, 4) is 11.5 Å². The van der Waals surface area contributed by atoms with Gasteiger partial charge in [-0.3, -0.25) is 24.1 Å². The Bertz CT molecular complexity index is 1370. The number of ketones is 1. The maximum absolute atomic E-state index is 13.3. The van der Waals surface area contributed by atoms with Crippen molar-refractivity contribution in [1.29, 1.82) is 0 Å². The number of benzene rings is 2. The lowest BCUT2D eigenvalue weighted by atomic mass is 10.0. The number of ether oxygens (including phenoxy) is 2. The van der Waals surface area contributed by atoms with Crippen LogP contribution in [-0.2, 0) is 19.2 Å². The number of hydrogen-bond acceptors (Lipinski definition) is 7. The molecule has 2 amide bonds. The molecule has 2 aromatic rings. The summed E-state index contributed by atoms with van der Waals surface area (Å²) in [4.78, 5) is 67.9. The van der Waals surface area contributed by atoms with Crippen molar-refractivity contribution < 1.29 is 33.4 Å². The number of fused-ring (bicyclic) bond motifs is 1. The van der Waals surface area contributed by atoms with Crippen LogP contribution in [0.1, 0.15) is 29.8 Å². The summed E-state index contributed by atoms with van der Waals surface area (Å²) in [6.45, 7) is 2.49. The van der Waals surface area contributed by atoms with Crippen LogP contribution in [0.4, 0.5) is 0 Å². The Kier molecular flexibility index (Phi) is 6.11. The molecule has 0 N–H and O–H groups in total. The molecule has 0 unspecified atom stereocenters. The number of esters is 2. The zero-order chi connectivity index (χ0) is 25.3. The zero-order valence-corrected chi connectivity index (χ0v) is 19.0. The van der Waals surface area contributed by atoms with Gasteiger partial charge in [-0.05, 0) is 35.9 Å². The largest absolute Gasteiger partial charge is 0.427 e. The molecule has 0 radical (unpaired) electrons. The van der Waals surface area contributed by atoms with Crippen molar-refractivity contribution >= 4 is 41.6 Å². The van der Waals surface area contributed by atoms with Crippen molar-refractivity contribution in [2.75, 3.05) is 7.05 Å². The van der Waals surface area contributed by atoms with Crippen LogP contribution in [0.25, 0.3) is 6.08 Å². The summed E-state index contributed by atoms with van der Waals surface area (Å²) >= 11 is 0. The molecule has 1 saturated heterocycles. The SMILES string of the molecule is CC(=O)N=C1N(C)C(=Cc2ccc(OC(C)=O)cc2)C(=O)N1C=C1C(=O)Oc2ccccc2C1=O. The number of carbonyl (C=O) groups excluding carboxylic acids is 5. The maximum Gasteiger partial charge on any atom is 0.349 e. The lowest BCUT2D eigenvalue weighted by molar-refractivity contribution is -0.132. The summed E-state index contributed by atoms with van der Waals surface area (Å²) in [6.07, 6.45) is 2.57. The summed E-state index contributed by atoms with van der Waals surface area (Å²) in [7, 11) is 1.52. The van der Waals surface area contributed by atoms with Crippen LogP contribution in [0, 0.1) is 0 Å². The normalized spacial score (nSPS) is 18.8. The van der Waals surface area contributed by atoms with Crippen molar-refractivity contribution in [3.63, 3.8) is 0 Å². The number of likely N-dealkylation sites (N-methyl/N-ethyl adjacent to an activating group) is 1. The van der Waals surface area contributed by atoms with E-state index in [2.05, 4.69) is 4.99 Å². The van der Waals surface area contributed by atoms with E-state index in [0.717, 1.165) is 11.1 Å². The van der Waals surface area contributed by atoms with E-state index in [9.17, 15) is 24.0 Å². The van der Waals surface area contributed by atoms with Crippen LogP contribution < -0.4 is 9.47 Å². The molecule has 2 aromatic carbocycles. The number of amides is 2. The number of carbonyl (C=O) groups is 5. The van der Waals surface area contributed by atoms with Gasteiger partial charge in [0.15, 0.2) is 0 Å². The van der Waals surface area contributed by atoms with Crippen LogP contribution in [0.5, 0.6) is 11.5 Å². The second-order valence-corrected chi connectivity index (χ2v) is 7.61. The highest BCUT2D eigenvalue weighted by molar-refractivity contribution is 6.28. The lowest BCUT2D eigenvalue weighted by Gasteiger charge is -2.19. The molecule has 10 nitrogen and oxygen atoms in total. The van der Waals surface area contributed by atoms with Gasteiger partial charge in [0.05, 0.1) is 5.56 Å². The lowest BCUT2D eigenvalue weighted by Crippen LogP contribution is -2.33. The maximum atomic E-state index is 13.3. The standard InChI is InChI=1S/C25H19N3O7/c1-14(29)26-25-27(3)20(12-16-8-10-17(11-9-16)34-15(2)30)23(32)28(25)13-19-22(31)18-6-4-5-7-21(18)35-24(19)33/h4-13H,1-3H3. The van der Waals surface area contributed by atoms with Gasteiger partial charge in [-0.25, -0.2) is 4.79 Å². The van der Waals surface area contributed by atoms with Crippen LogP contribution in [0.15, 0.2) is 71.0 Å². The van der Waals surface area contributed by atoms with Gasteiger partial charge in [0, 0.05) is 27.1 Å². The highest BCUT2D eigenvalue weighted by Gasteiger charge is 2.39. The van der Waals surface area contributed by atoms with Crippen molar-refractivity contribution in [3.05, 3.63) is 77.1 Å². The average Bonchev–Trinajstić information content (AvgIpc) is 3.01. The van der Waals surface area contributed by atoms with Gasteiger partial charge in [0.25, 0.3) is 5.91 Å². The first-order valence-electron chi connectivity index (χ1n) is 10.4. The van der Waals surface area contributed by atoms with E-state index in [1.807, 2.05) is 0 Å². The first kappa shape index (κ1) is 23.3. The zero-order valence-electron chi connectivity index (χ0n) is 19.0. The van der Waals surface area contributed by atoms with E-state index in [1.165, 1.54) is 44.0 Å². The van der Waals surface area contributed by atoms with E-state index in [1.54, 1.807) is 36.4 Å². The quantitative estimate of drug-likeness (QED) is 0.288. The minimum absolute atomic E-state index is 0.0859. The van der Waals surface area contributed by atoms with Crippen LogP contribution in [-0.4, -0.2) is 52.3 Å². The fraction of sp³-hybridized carbons (Fsp3) is 0.120. The molecule has 0 spiro atoms. The van der Waals surface area contributed by atoms with Gasteiger partial charge in [0.2, 0.25) is 17.6 Å². The third-order valence-electron chi connectivity index (χ3n) is 5.07. The number of para-hydroxylation sites is 1. The minimum atomic E-state index is -0.926. The van der Waals surface area contributed by atoms with E-state index >= 15 is 0 Å². The molecule has 2 aliphatic rings.